The molecule has 1 heterocycles. The number of benzene rings is 1. The van der Waals surface area contributed by atoms with Crippen molar-refractivity contribution in [2.75, 3.05) is 32.7 Å². The molecule has 0 aliphatic heterocycles. The molecule has 1 amide bonds. The second-order valence-electron chi connectivity index (χ2n) is 7.29. The first-order valence-electron chi connectivity index (χ1n) is 9.34. The zero-order valence-corrected chi connectivity index (χ0v) is 17.4. The number of aromatic nitrogens is 1. The number of hydrogen-bond donors (Lipinski definition) is 1. The second kappa shape index (κ2) is 9.86. The third-order valence-corrected chi connectivity index (χ3v) is 4.24. The SMILES string of the molecule is COC(=O)[C@@H](CC(C)C)NC(=O)COC(=O)c1cc(N(C)C)nc2ccccc12. The molecule has 29 heavy (non-hydrogen) atoms. The van der Waals surface area contributed by atoms with E-state index in [1.807, 2.05) is 34.0 Å². The quantitative estimate of drug-likeness (QED) is 0.677. The van der Waals surface area contributed by atoms with Crippen LogP contribution < -0.4 is 10.2 Å². The number of para-hydroxylation sites is 1. The summed E-state index contributed by atoms with van der Waals surface area (Å²) in [5, 5.41) is 3.20. The Hall–Kier alpha value is -3.16. The summed E-state index contributed by atoms with van der Waals surface area (Å²) in [6.07, 6.45) is 0.424. The number of nitrogens with one attached hydrogen (secondary N) is 1. The lowest BCUT2D eigenvalue weighted by atomic mass is 10.0. The minimum Gasteiger partial charge on any atom is -0.467 e. The highest BCUT2D eigenvalue weighted by Gasteiger charge is 2.23. The van der Waals surface area contributed by atoms with E-state index in [0.717, 1.165) is 0 Å². The van der Waals surface area contributed by atoms with Crippen LogP contribution in [-0.2, 0) is 19.1 Å². The standard InChI is InChI=1S/C21H27N3O5/c1-13(2)10-17(21(27)28-5)23-19(25)12-29-20(26)15-11-18(24(3)4)22-16-9-7-6-8-14(15)16/h6-9,11,13,17H,10,12H2,1-5H3,(H,23,25)/t17-/m1/s1. The molecular formula is C21H27N3O5. The van der Waals surface area contributed by atoms with Gasteiger partial charge in [0.1, 0.15) is 11.9 Å². The number of carbonyl (C=O) groups is 3. The molecule has 0 aliphatic rings. The molecule has 1 aromatic carbocycles. The Morgan fingerprint density at radius 2 is 1.86 bits per heavy atom. The van der Waals surface area contributed by atoms with Gasteiger partial charge in [0.15, 0.2) is 6.61 Å². The average Bonchev–Trinajstić information content (AvgIpc) is 2.69. The number of amides is 1. The first kappa shape index (κ1) is 22.1. The molecule has 1 aromatic heterocycles. The average molecular weight is 401 g/mol. The van der Waals surface area contributed by atoms with Gasteiger partial charge in [-0.15, -0.1) is 0 Å². The third kappa shape index (κ3) is 5.91. The van der Waals surface area contributed by atoms with Crippen LogP contribution >= 0.6 is 0 Å². The number of methoxy groups -OCH3 is 1. The fourth-order valence-corrected chi connectivity index (χ4v) is 2.83. The molecule has 1 atom stereocenters. The second-order valence-corrected chi connectivity index (χ2v) is 7.29. The molecule has 2 rings (SSSR count). The van der Waals surface area contributed by atoms with Gasteiger partial charge in [-0.25, -0.2) is 14.6 Å². The van der Waals surface area contributed by atoms with E-state index in [1.165, 1.54) is 7.11 Å². The summed E-state index contributed by atoms with van der Waals surface area (Å²) in [5.74, 6) is -0.965. The molecule has 0 saturated heterocycles. The monoisotopic (exact) mass is 401 g/mol. The summed E-state index contributed by atoms with van der Waals surface area (Å²) in [4.78, 5) is 43.0. The van der Waals surface area contributed by atoms with Crippen LogP contribution in [0, 0.1) is 5.92 Å². The topological polar surface area (TPSA) is 97.8 Å². The summed E-state index contributed by atoms with van der Waals surface area (Å²) >= 11 is 0. The summed E-state index contributed by atoms with van der Waals surface area (Å²) in [5.41, 5.74) is 0.969. The minimum atomic E-state index is -0.784. The van der Waals surface area contributed by atoms with Crippen LogP contribution in [0.1, 0.15) is 30.6 Å². The van der Waals surface area contributed by atoms with Gasteiger partial charge >= 0.3 is 11.9 Å². The van der Waals surface area contributed by atoms with Crippen LogP contribution in [0.2, 0.25) is 0 Å². The molecular weight excluding hydrogens is 374 g/mol. The number of esters is 2. The van der Waals surface area contributed by atoms with Crippen molar-refractivity contribution in [3.05, 3.63) is 35.9 Å². The first-order chi connectivity index (χ1) is 13.7. The zero-order valence-electron chi connectivity index (χ0n) is 17.4. The normalized spacial score (nSPS) is 11.8. The fourth-order valence-electron chi connectivity index (χ4n) is 2.83. The summed E-state index contributed by atoms with van der Waals surface area (Å²) in [7, 11) is 4.90. The highest BCUT2D eigenvalue weighted by atomic mass is 16.5. The Balaban J connectivity index is 2.12. The Morgan fingerprint density at radius 1 is 1.17 bits per heavy atom. The van der Waals surface area contributed by atoms with Crippen LogP contribution in [-0.4, -0.2) is 56.7 Å². The maximum atomic E-state index is 12.7. The summed E-state index contributed by atoms with van der Waals surface area (Å²) in [6.45, 7) is 3.36. The van der Waals surface area contributed by atoms with Gasteiger partial charge in [0.2, 0.25) is 0 Å². The maximum Gasteiger partial charge on any atom is 0.339 e. The first-order valence-corrected chi connectivity index (χ1v) is 9.34. The third-order valence-electron chi connectivity index (χ3n) is 4.24. The lowest BCUT2D eigenvalue weighted by Crippen LogP contribution is -2.44. The largest absolute Gasteiger partial charge is 0.467 e. The van der Waals surface area contributed by atoms with Gasteiger partial charge in [0.05, 0.1) is 18.2 Å². The lowest BCUT2D eigenvalue weighted by Gasteiger charge is -2.18. The Morgan fingerprint density at radius 3 is 2.48 bits per heavy atom. The maximum absolute atomic E-state index is 12.7. The van der Waals surface area contributed by atoms with E-state index >= 15 is 0 Å². The summed E-state index contributed by atoms with van der Waals surface area (Å²) in [6, 6.07) is 8.05. The van der Waals surface area contributed by atoms with Crippen LogP contribution in [0.3, 0.4) is 0 Å². The van der Waals surface area contributed by atoms with E-state index in [1.54, 1.807) is 29.2 Å². The molecule has 2 aromatic rings. The molecule has 0 bridgehead atoms. The van der Waals surface area contributed by atoms with Gasteiger partial charge in [-0.05, 0) is 24.5 Å². The van der Waals surface area contributed by atoms with E-state index in [2.05, 4.69) is 10.3 Å². The van der Waals surface area contributed by atoms with Crippen molar-refractivity contribution in [2.24, 2.45) is 5.92 Å². The molecule has 0 fully saturated rings. The van der Waals surface area contributed by atoms with Gasteiger partial charge in [-0.3, -0.25) is 4.79 Å². The van der Waals surface area contributed by atoms with Crippen molar-refractivity contribution in [3.63, 3.8) is 0 Å². The molecule has 0 saturated carbocycles. The molecule has 0 aliphatic carbocycles. The number of ether oxygens (including phenoxy) is 2. The van der Waals surface area contributed by atoms with Crippen LogP contribution in [0.5, 0.6) is 0 Å². The van der Waals surface area contributed by atoms with Crippen molar-refractivity contribution >= 4 is 34.6 Å². The van der Waals surface area contributed by atoms with Gasteiger partial charge in [0, 0.05) is 19.5 Å². The number of nitrogens with zero attached hydrogens (tertiary/aromatic N) is 2. The number of rotatable bonds is 8. The number of anilines is 1. The predicted octanol–water partition coefficient (Wildman–Crippen LogP) is 2.16. The Kier molecular flexibility index (Phi) is 7.52. The van der Waals surface area contributed by atoms with E-state index in [4.69, 9.17) is 9.47 Å². The van der Waals surface area contributed by atoms with Crippen LogP contribution in [0.4, 0.5) is 5.82 Å². The number of carbonyl (C=O) groups excluding carboxylic acids is 3. The van der Waals surface area contributed by atoms with Gasteiger partial charge < -0.3 is 19.7 Å². The van der Waals surface area contributed by atoms with Crippen LogP contribution in [0.15, 0.2) is 30.3 Å². The number of pyridine rings is 1. The molecule has 0 spiro atoms. The highest BCUT2D eigenvalue weighted by Crippen LogP contribution is 2.22. The zero-order chi connectivity index (χ0) is 21.6. The van der Waals surface area contributed by atoms with Crippen molar-refractivity contribution in [1.29, 1.82) is 0 Å². The van der Waals surface area contributed by atoms with Crippen molar-refractivity contribution in [3.8, 4) is 0 Å². The molecule has 0 unspecified atom stereocenters. The van der Waals surface area contributed by atoms with E-state index in [-0.39, 0.29) is 5.92 Å². The number of hydrogen-bond acceptors (Lipinski definition) is 7. The fraction of sp³-hybridized carbons (Fsp3) is 0.429. The predicted molar refractivity (Wildman–Crippen MR) is 110 cm³/mol. The van der Waals surface area contributed by atoms with Crippen molar-refractivity contribution in [1.82, 2.24) is 10.3 Å². The molecule has 8 nitrogen and oxygen atoms in total. The summed E-state index contributed by atoms with van der Waals surface area (Å²) < 4.78 is 9.92. The molecule has 0 radical (unpaired) electrons. The smallest absolute Gasteiger partial charge is 0.339 e. The number of fused-ring (bicyclic) bond motifs is 1. The Labute approximate surface area is 170 Å². The van der Waals surface area contributed by atoms with Crippen molar-refractivity contribution in [2.45, 2.75) is 26.3 Å². The molecule has 1 N–H and O–H groups in total. The van der Waals surface area contributed by atoms with Gasteiger partial charge in [-0.1, -0.05) is 32.0 Å². The minimum absolute atomic E-state index is 0.176. The molecule has 8 heteroatoms. The Bertz CT molecular complexity index is 895. The highest BCUT2D eigenvalue weighted by molar-refractivity contribution is 6.05. The van der Waals surface area contributed by atoms with Crippen LogP contribution in [0.25, 0.3) is 10.9 Å². The van der Waals surface area contributed by atoms with E-state index in [0.29, 0.717) is 28.7 Å². The van der Waals surface area contributed by atoms with E-state index < -0.39 is 30.5 Å². The van der Waals surface area contributed by atoms with E-state index in [9.17, 15) is 14.4 Å². The van der Waals surface area contributed by atoms with Crippen molar-refractivity contribution < 1.29 is 23.9 Å². The van der Waals surface area contributed by atoms with Gasteiger partial charge in [0.25, 0.3) is 5.91 Å². The molecule has 156 valence electrons. The lowest BCUT2D eigenvalue weighted by molar-refractivity contribution is -0.145. The van der Waals surface area contributed by atoms with Gasteiger partial charge in [-0.2, -0.15) is 0 Å².